The zero-order valence-electron chi connectivity index (χ0n) is 12.4. The van der Waals surface area contributed by atoms with E-state index in [4.69, 9.17) is 0 Å². The fourth-order valence-electron chi connectivity index (χ4n) is 2.72. The Morgan fingerprint density at radius 2 is 2.18 bits per heavy atom. The maximum absolute atomic E-state index is 12.6. The number of aliphatic hydroxyl groups is 1. The van der Waals surface area contributed by atoms with Gasteiger partial charge in [0.1, 0.15) is 4.21 Å². The molecule has 6 nitrogen and oxygen atoms in total. The summed E-state index contributed by atoms with van der Waals surface area (Å²) in [4.78, 5) is 0.956. The Morgan fingerprint density at radius 1 is 1.45 bits per heavy atom. The van der Waals surface area contributed by atoms with Crippen LogP contribution in [0.3, 0.4) is 0 Å². The Bertz CT molecular complexity index is 760. The van der Waals surface area contributed by atoms with Crippen molar-refractivity contribution in [3.8, 4) is 0 Å². The molecule has 8 heteroatoms. The minimum atomic E-state index is -3.57. The summed E-state index contributed by atoms with van der Waals surface area (Å²) in [7, 11) is -1.77. The summed E-state index contributed by atoms with van der Waals surface area (Å²) in [5.41, 5.74) is 0.830. The molecule has 0 spiro atoms. The maximum Gasteiger partial charge on any atom is 0.250 e. The highest BCUT2D eigenvalue weighted by Gasteiger charge is 2.38. The Balaban J connectivity index is 1.87. The van der Waals surface area contributed by atoms with Crippen molar-refractivity contribution in [3.63, 3.8) is 0 Å². The Hall–Kier alpha value is -1.22. The van der Waals surface area contributed by atoms with E-state index in [1.54, 1.807) is 30.1 Å². The molecule has 3 rings (SSSR count). The summed E-state index contributed by atoms with van der Waals surface area (Å²) in [5, 5.41) is 13.7. The van der Waals surface area contributed by atoms with Crippen LogP contribution in [-0.2, 0) is 17.1 Å². The van der Waals surface area contributed by atoms with Gasteiger partial charge in [-0.1, -0.05) is 0 Å². The molecule has 0 amide bonds. The average molecular weight is 341 g/mol. The van der Waals surface area contributed by atoms with Crippen LogP contribution in [0.25, 0.3) is 0 Å². The van der Waals surface area contributed by atoms with E-state index in [9.17, 15) is 13.5 Å². The second-order valence-electron chi connectivity index (χ2n) is 5.80. The van der Waals surface area contributed by atoms with Crippen LogP contribution in [0.2, 0.25) is 0 Å². The van der Waals surface area contributed by atoms with Gasteiger partial charge in [0, 0.05) is 23.7 Å². The van der Waals surface area contributed by atoms with Crippen LogP contribution in [0.15, 0.2) is 28.7 Å². The minimum Gasteiger partial charge on any atom is -0.393 e. The second kappa shape index (κ2) is 5.77. The van der Waals surface area contributed by atoms with Gasteiger partial charge < -0.3 is 5.11 Å². The van der Waals surface area contributed by atoms with Gasteiger partial charge in [-0.2, -0.15) is 5.10 Å². The van der Waals surface area contributed by atoms with E-state index < -0.39 is 10.0 Å². The van der Waals surface area contributed by atoms with E-state index >= 15 is 0 Å². The number of hydrogen-bond donors (Lipinski definition) is 2. The molecule has 1 atom stereocenters. The molecule has 2 aromatic rings. The molecule has 0 aliphatic heterocycles. The highest BCUT2D eigenvalue weighted by Crippen LogP contribution is 2.39. The molecule has 1 saturated carbocycles. The van der Waals surface area contributed by atoms with Gasteiger partial charge in [-0.05, 0) is 37.8 Å². The molecule has 1 fully saturated rings. The monoisotopic (exact) mass is 341 g/mol. The zero-order valence-corrected chi connectivity index (χ0v) is 14.1. The number of nitrogens with one attached hydrogen (secondary N) is 1. The van der Waals surface area contributed by atoms with Crippen molar-refractivity contribution in [1.29, 1.82) is 0 Å². The smallest absolute Gasteiger partial charge is 0.250 e. The third kappa shape index (κ3) is 3.10. The lowest BCUT2D eigenvalue weighted by Gasteiger charge is -2.37. The van der Waals surface area contributed by atoms with Crippen molar-refractivity contribution < 1.29 is 13.5 Å². The fourth-order valence-corrected chi connectivity index (χ4v) is 5.31. The Morgan fingerprint density at radius 3 is 2.68 bits per heavy atom. The second-order valence-corrected chi connectivity index (χ2v) is 9.03. The van der Waals surface area contributed by atoms with Gasteiger partial charge in [-0.3, -0.25) is 4.68 Å². The van der Waals surface area contributed by atoms with Crippen LogP contribution in [0.5, 0.6) is 0 Å². The third-order valence-electron chi connectivity index (χ3n) is 3.97. The zero-order chi connectivity index (χ0) is 15.9. The average Bonchev–Trinajstić information content (AvgIpc) is 3.02. The molecule has 1 unspecified atom stereocenters. The van der Waals surface area contributed by atoms with Gasteiger partial charge >= 0.3 is 0 Å². The highest BCUT2D eigenvalue weighted by atomic mass is 32.2. The van der Waals surface area contributed by atoms with Crippen LogP contribution in [0.4, 0.5) is 0 Å². The molecule has 22 heavy (non-hydrogen) atoms. The van der Waals surface area contributed by atoms with E-state index in [0.29, 0.717) is 17.1 Å². The number of nitrogens with zero attached hydrogens (tertiary/aromatic N) is 2. The highest BCUT2D eigenvalue weighted by molar-refractivity contribution is 7.91. The summed E-state index contributed by atoms with van der Waals surface area (Å²) < 4.78 is 29.9. The lowest BCUT2D eigenvalue weighted by Crippen LogP contribution is -2.41. The molecule has 2 N–H and O–H groups in total. The molecular formula is C14H19N3O3S2. The molecule has 2 heterocycles. The summed E-state index contributed by atoms with van der Waals surface area (Å²) in [5.74, 6) is 0.0926. The number of hydrogen-bond acceptors (Lipinski definition) is 5. The van der Waals surface area contributed by atoms with Gasteiger partial charge in [0.2, 0.25) is 0 Å². The fraction of sp³-hybridized carbons (Fsp3) is 0.500. The topological polar surface area (TPSA) is 84.2 Å². The van der Waals surface area contributed by atoms with Crippen molar-refractivity contribution in [2.45, 2.75) is 36.1 Å². The van der Waals surface area contributed by atoms with Gasteiger partial charge in [0.15, 0.2) is 0 Å². The summed E-state index contributed by atoms with van der Waals surface area (Å²) in [6, 6.07) is 3.06. The van der Waals surface area contributed by atoms with E-state index in [2.05, 4.69) is 9.82 Å². The number of sulfonamides is 1. The van der Waals surface area contributed by atoms with Crippen LogP contribution >= 0.6 is 11.3 Å². The number of thiophene rings is 1. The largest absolute Gasteiger partial charge is 0.393 e. The first-order valence-corrected chi connectivity index (χ1v) is 9.40. The minimum absolute atomic E-state index is 0.0926. The number of aryl methyl sites for hydroxylation is 2. The predicted molar refractivity (Wildman–Crippen MR) is 84.1 cm³/mol. The third-order valence-corrected chi connectivity index (χ3v) is 6.90. The van der Waals surface area contributed by atoms with Gasteiger partial charge in [0.05, 0.1) is 18.3 Å². The molecule has 2 aromatic heterocycles. The first-order valence-electron chi connectivity index (χ1n) is 7.10. The van der Waals surface area contributed by atoms with Gasteiger partial charge in [-0.25, -0.2) is 13.1 Å². The van der Waals surface area contributed by atoms with Crippen molar-refractivity contribution in [1.82, 2.24) is 14.5 Å². The van der Waals surface area contributed by atoms with E-state index in [0.717, 1.165) is 10.4 Å². The summed E-state index contributed by atoms with van der Waals surface area (Å²) in [6.45, 7) is 1.88. The van der Waals surface area contributed by atoms with E-state index in [1.165, 1.54) is 11.3 Å². The Kier molecular flexibility index (Phi) is 4.11. The maximum atomic E-state index is 12.6. The molecule has 0 saturated heterocycles. The van der Waals surface area contributed by atoms with Crippen molar-refractivity contribution in [3.05, 3.63) is 35.0 Å². The molecular weight excluding hydrogens is 322 g/mol. The summed E-state index contributed by atoms with van der Waals surface area (Å²) >= 11 is 1.25. The standard InChI is InChI=1S/C14H19N3O3S2/c1-9-3-4-13(21-9)22(19,20)16-14(10-5-12(18)6-10)11-7-15-17(2)8-11/h3-4,7-8,10,12,14,16,18H,5-6H2,1-2H3. The molecule has 1 aliphatic carbocycles. The Labute approximate surface area is 133 Å². The van der Waals surface area contributed by atoms with Crippen molar-refractivity contribution in [2.75, 3.05) is 0 Å². The van der Waals surface area contributed by atoms with E-state index in [-0.39, 0.29) is 18.1 Å². The van der Waals surface area contributed by atoms with Crippen LogP contribution in [-0.4, -0.2) is 29.4 Å². The van der Waals surface area contributed by atoms with Crippen LogP contribution < -0.4 is 4.72 Å². The van der Waals surface area contributed by atoms with Gasteiger partial charge in [0.25, 0.3) is 10.0 Å². The summed E-state index contributed by atoms with van der Waals surface area (Å²) in [6.07, 6.45) is 4.37. The van der Waals surface area contributed by atoms with E-state index in [1.807, 2.05) is 13.1 Å². The molecule has 0 aromatic carbocycles. The SMILES string of the molecule is Cc1ccc(S(=O)(=O)NC(c2cnn(C)c2)C2CC(O)C2)s1. The normalized spacial score (nSPS) is 23.2. The van der Waals surface area contributed by atoms with Crippen LogP contribution in [0.1, 0.15) is 29.3 Å². The van der Waals surface area contributed by atoms with Crippen LogP contribution in [0, 0.1) is 12.8 Å². The quantitative estimate of drug-likeness (QED) is 0.865. The molecule has 120 valence electrons. The number of rotatable bonds is 5. The van der Waals surface area contributed by atoms with Gasteiger partial charge in [-0.15, -0.1) is 11.3 Å². The van der Waals surface area contributed by atoms with Crippen molar-refractivity contribution >= 4 is 21.4 Å². The first kappa shape index (κ1) is 15.7. The number of aliphatic hydroxyl groups excluding tert-OH is 1. The molecule has 0 radical (unpaired) electrons. The first-order chi connectivity index (χ1) is 10.3. The number of aromatic nitrogens is 2. The predicted octanol–water partition coefficient (Wildman–Crippen LogP) is 1.58. The lowest BCUT2D eigenvalue weighted by atomic mass is 9.76. The lowest BCUT2D eigenvalue weighted by molar-refractivity contribution is 0.0280. The molecule has 0 bridgehead atoms. The molecule has 1 aliphatic rings. The van der Waals surface area contributed by atoms with Crippen molar-refractivity contribution in [2.24, 2.45) is 13.0 Å².